The van der Waals surface area contributed by atoms with Crippen molar-refractivity contribution in [3.63, 3.8) is 0 Å². The van der Waals surface area contributed by atoms with E-state index in [-0.39, 0.29) is 24.2 Å². The molecule has 1 aliphatic carbocycles. The first-order valence-corrected chi connectivity index (χ1v) is 8.68. The summed E-state index contributed by atoms with van der Waals surface area (Å²) in [6.07, 6.45) is 6.62. The first-order chi connectivity index (χ1) is 11.2. The molecule has 1 aliphatic rings. The van der Waals surface area contributed by atoms with Gasteiger partial charge in [0.15, 0.2) is 0 Å². The highest BCUT2D eigenvalue weighted by Gasteiger charge is 2.18. The molecule has 1 heterocycles. The largest absolute Gasteiger partial charge is 0.352 e. The van der Waals surface area contributed by atoms with E-state index in [9.17, 15) is 9.59 Å². The van der Waals surface area contributed by atoms with Crippen molar-refractivity contribution in [3.8, 4) is 0 Å². The van der Waals surface area contributed by atoms with Crippen molar-refractivity contribution in [2.45, 2.75) is 64.6 Å². The molecule has 0 bridgehead atoms. The van der Waals surface area contributed by atoms with E-state index >= 15 is 0 Å². The van der Waals surface area contributed by atoms with Crippen molar-refractivity contribution in [1.82, 2.24) is 14.5 Å². The molecule has 1 N–H and O–H groups in total. The number of nitrogens with one attached hydrogen (secondary N) is 1. The Hall–Kier alpha value is -2.04. The number of rotatable bonds is 5. The second-order valence-corrected chi connectivity index (χ2v) is 6.41. The number of carbonyl (C=O) groups is 1. The second kappa shape index (κ2) is 7.02. The van der Waals surface area contributed by atoms with Crippen LogP contribution in [0.5, 0.6) is 0 Å². The second-order valence-electron chi connectivity index (χ2n) is 6.41. The lowest BCUT2D eigenvalue weighted by atomic mass is 9.95. The van der Waals surface area contributed by atoms with Gasteiger partial charge in [-0.1, -0.05) is 38.3 Å². The number of imidazole rings is 1. The van der Waals surface area contributed by atoms with Crippen LogP contribution < -0.4 is 11.0 Å². The zero-order valence-electron chi connectivity index (χ0n) is 13.8. The van der Waals surface area contributed by atoms with Crippen molar-refractivity contribution in [2.24, 2.45) is 0 Å². The summed E-state index contributed by atoms with van der Waals surface area (Å²) in [5, 5.41) is 3.09. The molecule has 23 heavy (non-hydrogen) atoms. The summed E-state index contributed by atoms with van der Waals surface area (Å²) in [5.41, 5.74) is 1.65. The van der Waals surface area contributed by atoms with E-state index in [0.717, 1.165) is 30.3 Å². The van der Waals surface area contributed by atoms with Crippen LogP contribution in [0.4, 0.5) is 0 Å². The molecule has 3 rings (SSSR count). The van der Waals surface area contributed by atoms with Gasteiger partial charge in [0.25, 0.3) is 0 Å². The fraction of sp³-hybridized carbons (Fsp3) is 0.556. The first-order valence-electron chi connectivity index (χ1n) is 8.68. The number of amides is 1. The zero-order chi connectivity index (χ0) is 16.2. The van der Waals surface area contributed by atoms with Crippen LogP contribution in [0.25, 0.3) is 11.0 Å². The van der Waals surface area contributed by atoms with Crippen LogP contribution in [-0.2, 0) is 17.9 Å². The van der Waals surface area contributed by atoms with E-state index in [1.165, 1.54) is 19.3 Å². The number of hydrogen-bond acceptors (Lipinski definition) is 2. The molecule has 0 radical (unpaired) electrons. The summed E-state index contributed by atoms with van der Waals surface area (Å²) < 4.78 is 3.37. The summed E-state index contributed by atoms with van der Waals surface area (Å²) in [6.45, 7) is 2.83. The van der Waals surface area contributed by atoms with Crippen LogP contribution in [0, 0.1) is 0 Å². The SMILES string of the molecule is CCCn1c(=O)n(CC(=O)NC2CCCCC2)c2ccccc21. The molecule has 0 atom stereocenters. The highest BCUT2D eigenvalue weighted by Crippen LogP contribution is 2.17. The molecule has 5 heteroatoms. The molecule has 2 aromatic rings. The Morgan fingerprint density at radius 3 is 2.43 bits per heavy atom. The van der Waals surface area contributed by atoms with Gasteiger partial charge in [-0.05, 0) is 31.4 Å². The number of hydrogen-bond donors (Lipinski definition) is 1. The third kappa shape index (κ3) is 3.33. The molecule has 0 spiro atoms. The fourth-order valence-electron chi connectivity index (χ4n) is 3.53. The number of carbonyl (C=O) groups excluding carboxylic acids is 1. The molecule has 1 aromatic heterocycles. The molecule has 1 saturated carbocycles. The van der Waals surface area contributed by atoms with E-state index in [2.05, 4.69) is 5.32 Å². The van der Waals surface area contributed by atoms with E-state index in [1.807, 2.05) is 31.2 Å². The predicted molar refractivity (Wildman–Crippen MR) is 91.5 cm³/mol. The molecule has 0 saturated heterocycles. The summed E-state index contributed by atoms with van der Waals surface area (Å²) in [6, 6.07) is 7.98. The standard InChI is InChI=1S/C18H25N3O2/c1-2-12-20-15-10-6-7-11-16(15)21(18(20)23)13-17(22)19-14-8-4-3-5-9-14/h6-7,10-11,14H,2-5,8-9,12-13H2,1H3,(H,19,22). The lowest BCUT2D eigenvalue weighted by molar-refractivity contribution is -0.122. The van der Waals surface area contributed by atoms with Crippen molar-refractivity contribution < 1.29 is 4.79 Å². The molecule has 1 aromatic carbocycles. The lowest BCUT2D eigenvalue weighted by Crippen LogP contribution is -2.40. The average Bonchev–Trinajstić information content (AvgIpc) is 2.82. The van der Waals surface area contributed by atoms with E-state index in [0.29, 0.717) is 6.54 Å². The summed E-state index contributed by atoms with van der Waals surface area (Å²) in [7, 11) is 0. The quantitative estimate of drug-likeness (QED) is 0.922. The monoisotopic (exact) mass is 315 g/mol. The number of aryl methyl sites for hydroxylation is 1. The van der Waals surface area contributed by atoms with Gasteiger partial charge in [-0.2, -0.15) is 0 Å². The maximum absolute atomic E-state index is 12.7. The highest BCUT2D eigenvalue weighted by molar-refractivity contribution is 5.81. The Labute approximate surface area is 136 Å². The molecule has 124 valence electrons. The highest BCUT2D eigenvalue weighted by atomic mass is 16.2. The van der Waals surface area contributed by atoms with Gasteiger partial charge < -0.3 is 5.32 Å². The van der Waals surface area contributed by atoms with E-state index in [1.54, 1.807) is 9.13 Å². The Bertz CT molecular complexity index is 738. The van der Waals surface area contributed by atoms with Crippen LogP contribution in [0.15, 0.2) is 29.1 Å². The van der Waals surface area contributed by atoms with Crippen LogP contribution in [0.2, 0.25) is 0 Å². The molecule has 1 fully saturated rings. The molecular weight excluding hydrogens is 290 g/mol. The molecule has 0 aliphatic heterocycles. The smallest absolute Gasteiger partial charge is 0.329 e. The van der Waals surface area contributed by atoms with E-state index in [4.69, 9.17) is 0 Å². The van der Waals surface area contributed by atoms with Crippen molar-refractivity contribution in [1.29, 1.82) is 0 Å². The number of nitrogens with zero attached hydrogens (tertiary/aromatic N) is 2. The number of para-hydroxylation sites is 2. The number of aromatic nitrogens is 2. The first kappa shape index (κ1) is 15.8. The van der Waals surface area contributed by atoms with Crippen LogP contribution in [-0.4, -0.2) is 21.1 Å². The topological polar surface area (TPSA) is 56.0 Å². The maximum Gasteiger partial charge on any atom is 0.329 e. The van der Waals surface area contributed by atoms with Crippen LogP contribution >= 0.6 is 0 Å². The third-order valence-corrected chi connectivity index (χ3v) is 4.64. The van der Waals surface area contributed by atoms with Gasteiger partial charge in [-0.25, -0.2) is 4.79 Å². The lowest BCUT2D eigenvalue weighted by Gasteiger charge is -2.22. The minimum atomic E-state index is -0.0909. The van der Waals surface area contributed by atoms with Crippen LogP contribution in [0.3, 0.4) is 0 Å². The predicted octanol–water partition coefficient (Wildman–Crippen LogP) is 2.66. The van der Waals surface area contributed by atoms with E-state index < -0.39 is 0 Å². The zero-order valence-corrected chi connectivity index (χ0v) is 13.8. The molecular formula is C18H25N3O2. The van der Waals surface area contributed by atoms with Gasteiger partial charge in [-0.3, -0.25) is 13.9 Å². The van der Waals surface area contributed by atoms with Gasteiger partial charge in [-0.15, -0.1) is 0 Å². The molecule has 1 amide bonds. The third-order valence-electron chi connectivity index (χ3n) is 4.64. The van der Waals surface area contributed by atoms with Gasteiger partial charge in [0.2, 0.25) is 5.91 Å². The van der Waals surface area contributed by atoms with Gasteiger partial charge >= 0.3 is 5.69 Å². The van der Waals surface area contributed by atoms with Gasteiger partial charge in [0, 0.05) is 12.6 Å². The van der Waals surface area contributed by atoms with Gasteiger partial charge in [0.05, 0.1) is 11.0 Å². The Morgan fingerprint density at radius 1 is 1.13 bits per heavy atom. The minimum absolute atomic E-state index is 0.0570. The number of fused-ring (bicyclic) bond motifs is 1. The summed E-state index contributed by atoms with van der Waals surface area (Å²) in [4.78, 5) is 25.0. The molecule has 5 nitrogen and oxygen atoms in total. The van der Waals surface area contributed by atoms with Crippen molar-refractivity contribution >= 4 is 16.9 Å². The summed E-state index contributed by atoms with van der Waals surface area (Å²) >= 11 is 0. The molecule has 0 unspecified atom stereocenters. The summed E-state index contributed by atoms with van der Waals surface area (Å²) in [5.74, 6) is -0.0570. The average molecular weight is 315 g/mol. The fourth-order valence-corrected chi connectivity index (χ4v) is 3.53. The minimum Gasteiger partial charge on any atom is -0.352 e. The number of benzene rings is 1. The Kier molecular flexibility index (Phi) is 4.84. The normalized spacial score (nSPS) is 15.9. The van der Waals surface area contributed by atoms with Crippen molar-refractivity contribution in [2.75, 3.05) is 0 Å². The Balaban J connectivity index is 1.83. The maximum atomic E-state index is 12.7. The Morgan fingerprint density at radius 2 is 1.78 bits per heavy atom. The van der Waals surface area contributed by atoms with Crippen molar-refractivity contribution in [3.05, 3.63) is 34.7 Å². The van der Waals surface area contributed by atoms with Gasteiger partial charge in [0.1, 0.15) is 6.54 Å². The van der Waals surface area contributed by atoms with Crippen LogP contribution in [0.1, 0.15) is 45.4 Å².